The van der Waals surface area contributed by atoms with Gasteiger partial charge in [-0.25, -0.2) is 4.99 Å². The molecule has 1 fully saturated rings. The zero-order chi connectivity index (χ0) is 23.4. The molecule has 0 aromatic heterocycles. The molecule has 0 unspecified atom stereocenters. The molecule has 5 nitrogen and oxygen atoms in total. The molecular weight excluding hydrogens is 568 g/mol. The highest BCUT2D eigenvalue weighted by molar-refractivity contribution is 9.11. The van der Waals surface area contributed by atoms with Gasteiger partial charge in [0.15, 0.2) is 5.17 Å². The fraction of sp³-hybridized carbons (Fsp3) is 0.120. The van der Waals surface area contributed by atoms with Crippen molar-refractivity contribution in [1.29, 1.82) is 0 Å². The first-order valence-corrected chi connectivity index (χ1v) is 12.4. The highest BCUT2D eigenvalue weighted by Crippen LogP contribution is 2.38. The van der Waals surface area contributed by atoms with E-state index in [0.29, 0.717) is 22.4 Å². The summed E-state index contributed by atoms with van der Waals surface area (Å²) in [6, 6.07) is 21.2. The first-order chi connectivity index (χ1) is 16.0. The Hall–Kier alpha value is -2.55. The van der Waals surface area contributed by atoms with Gasteiger partial charge in [0.1, 0.15) is 11.5 Å². The average Bonchev–Trinajstić information content (AvgIpc) is 3.09. The molecular formula is C25H20Br2N2O3S. The summed E-state index contributed by atoms with van der Waals surface area (Å²) >= 11 is 8.42. The van der Waals surface area contributed by atoms with Crippen LogP contribution in [0.15, 0.2) is 85.6 Å². The van der Waals surface area contributed by atoms with E-state index in [9.17, 15) is 4.79 Å². The lowest BCUT2D eigenvalue weighted by Gasteiger charge is -2.16. The minimum atomic E-state index is -0.0893. The molecule has 0 radical (unpaired) electrons. The summed E-state index contributed by atoms with van der Waals surface area (Å²) in [4.78, 5) is 20.5. The van der Waals surface area contributed by atoms with Crippen LogP contribution in [0.5, 0.6) is 11.5 Å². The molecule has 33 heavy (non-hydrogen) atoms. The van der Waals surface area contributed by atoms with Gasteiger partial charge in [0.05, 0.1) is 40.3 Å². The molecule has 4 rings (SSSR count). The number of ether oxygens (including phenoxy) is 2. The molecule has 8 heteroatoms. The molecule has 1 heterocycles. The van der Waals surface area contributed by atoms with Crippen molar-refractivity contribution < 1.29 is 14.3 Å². The Morgan fingerprint density at radius 3 is 2.24 bits per heavy atom. The number of halogens is 2. The van der Waals surface area contributed by atoms with E-state index in [1.807, 2.05) is 72.8 Å². The Morgan fingerprint density at radius 1 is 0.970 bits per heavy atom. The maximum atomic E-state index is 13.4. The third-order valence-electron chi connectivity index (χ3n) is 4.89. The summed E-state index contributed by atoms with van der Waals surface area (Å²) < 4.78 is 12.2. The molecule has 0 bridgehead atoms. The van der Waals surface area contributed by atoms with Gasteiger partial charge < -0.3 is 9.47 Å². The number of amides is 1. The molecule has 1 aliphatic heterocycles. The van der Waals surface area contributed by atoms with Crippen LogP contribution in [-0.4, -0.2) is 30.2 Å². The van der Waals surface area contributed by atoms with Gasteiger partial charge in [0.2, 0.25) is 0 Å². The first-order valence-electron chi connectivity index (χ1n) is 9.99. The van der Waals surface area contributed by atoms with Crippen LogP contribution in [0.1, 0.15) is 11.1 Å². The molecule has 0 atom stereocenters. The first kappa shape index (κ1) is 23.6. The zero-order valence-electron chi connectivity index (χ0n) is 17.9. The lowest BCUT2D eigenvalue weighted by atomic mass is 10.2. The normalized spacial score (nSPS) is 16.0. The zero-order valence-corrected chi connectivity index (χ0v) is 21.9. The number of hydrogen-bond donors (Lipinski definition) is 0. The van der Waals surface area contributed by atoms with Crippen LogP contribution >= 0.6 is 43.6 Å². The second-order valence-corrected chi connectivity index (χ2v) is 9.82. The van der Waals surface area contributed by atoms with Crippen molar-refractivity contribution in [3.63, 3.8) is 0 Å². The average molecular weight is 588 g/mol. The molecule has 3 aromatic carbocycles. The van der Waals surface area contributed by atoms with E-state index in [-0.39, 0.29) is 5.91 Å². The summed E-state index contributed by atoms with van der Waals surface area (Å²) in [6.07, 6.45) is 1.87. The Balaban J connectivity index is 1.69. The minimum absolute atomic E-state index is 0.0893. The Kier molecular flexibility index (Phi) is 7.57. The van der Waals surface area contributed by atoms with Crippen LogP contribution in [0.3, 0.4) is 0 Å². The maximum absolute atomic E-state index is 13.4. The maximum Gasteiger partial charge on any atom is 0.267 e. The SMILES string of the molecule is COc1ccc(CN2C(=O)/C(=C/c3cc(Br)c(OC)c(Br)c3)SC2=Nc2ccccc2)cc1. The fourth-order valence-corrected chi connectivity index (χ4v) is 5.81. The molecule has 0 spiro atoms. The lowest BCUT2D eigenvalue weighted by Crippen LogP contribution is -2.28. The van der Waals surface area contributed by atoms with Gasteiger partial charge in [0.25, 0.3) is 5.91 Å². The number of methoxy groups -OCH3 is 2. The van der Waals surface area contributed by atoms with Crippen molar-refractivity contribution in [2.75, 3.05) is 14.2 Å². The highest BCUT2D eigenvalue weighted by atomic mass is 79.9. The Bertz CT molecular complexity index is 1210. The molecule has 0 saturated carbocycles. The molecule has 3 aromatic rings. The van der Waals surface area contributed by atoms with Gasteiger partial charge in [0, 0.05) is 0 Å². The van der Waals surface area contributed by atoms with E-state index in [0.717, 1.165) is 31.5 Å². The van der Waals surface area contributed by atoms with Gasteiger partial charge in [-0.1, -0.05) is 30.3 Å². The summed E-state index contributed by atoms with van der Waals surface area (Å²) in [7, 11) is 3.25. The van der Waals surface area contributed by atoms with E-state index in [1.165, 1.54) is 11.8 Å². The number of para-hydroxylation sites is 1. The van der Waals surface area contributed by atoms with Crippen LogP contribution in [0.4, 0.5) is 5.69 Å². The fourth-order valence-electron chi connectivity index (χ4n) is 3.27. The van der Waals surface area contributed by atoms with Crippen LogP contribution in [-0.2, 0) is 11.3 Å². The summed E-state index contributed by atoms with van der Waals surface area (Å²) in [5.41, 5.74) is 2.65. The van der Waals surface area contributed by atoms with Crippen LogP contribution < -0.4 is 9.47 Å². The molecule has 0 N–H and O–H groups in total. The summed E-state index contributed by atoms with van der Waals surface area (Å²) in [5.74, 6) is 1.39. The van der Waals surface area contributed by atoms with Crippen molar-refractivity contribution >= 4 is 66.5 Å². The smallest absolute Gasteiger partial charge is 0.267 e. The van der Waals surface area contributed by atoms with E-state index in [1.54, 1.807) is 19.1 Å². The van der Waals surface area contributed by atoms with Gasteiger partial charge in [-0.15, -0.1) is 0 Å². The van der Waals surface area contributed by atoms with Gasteiger partial charge in [-0.2, -0.15) is 0 Å². The van der Waals surface area contributed by atoms with Crippen molar-refractivity contribution in [1.82, 2.24) is 4.90 Å². The number of amidine groups is 1. The largest absolute Gasteiger partial charge is 0.497 e. The summed E-state index contributed by atoms with van der Waals surface area (Å²) in [5, 5.41) is 0.639. The monoisotopic (exact) mass is 586 g/mol. The number of aliphatic imine (C=N–C) groups is 1. The molecule has 1 saturated heterocycles. The highest BCUT2D eigenvalue weighted by Gasteiger charge is 2.33. The third kappa shape index (κ3) is 5.51. The quantitative estimate of drug-likeness (QED) is 0.290. The predicted molar refractivity (Wildman–Crippen MR) is 141 cm³/mol. The second-order valence-electron chi connectivity index (χ2n) is 7.10. The molecule has 1 aliphatic rings. The minimum Gasteiger partial charge on any atom is -0.497 e. The number of carbonyl (C=O) groups is 1. The topological polar surface area (TPSA) is 51.1 Å². The standard InChI is InChI=1S/C25H20Br2N2O3S/c1-31-19-10-8-16(9-11-19)15-29-24(30)22(33-25(29)28-18-6-4-3-5-7-18)14-17-12-20(26)23(32-2)21(27)13-17/h3-14H,15H2,1-2H3/b22-14-,28-25?. The van der Waals surface area contributed by atoms with E-state index >= 15 is 0 Å². The van der Waals surface area contributed by atoms with E-state index in [4.69, 9.17) is 14.5 Å². The van der Waals surface area contributed by atoms with Gasteiger partial charge >= 0.3 is 0 Å². The van der Waals surface area contributed by atoms with Crippen LogP contribution in [0, 0.1) is 0 Å². The number of thioether (sulfide) groups is 1. The van der Waals surface area contributed by atoms with Crippen molar-refractivity contribution in [2.45, 2.75) is 6.54 Å². The number of nitrogens with zero attached hydrogens (tertiary/aromatic N) is 2. The molecule has 168 valence electrons. The van der Waals surface area contributed by atoms with Crippen molar-refractivity contribution in [3.8, 4) is 11.5 Å². The Morgan fingerprint density at radius 2 is 1.64 bits per heavy atom. The lowest BCUT2D eigenvalue weighted by molar-refractivity contribution is -0.122. The van der Waals surface area contributed by atoms with Crippen molar-refractivity contribution in [2.24, 2.45) is 4.99 Å². The molecule has 1 amide bonds. The van der Waals surface area contributed by atoms with Gasteiger partial charge in [-0.3, -0.25) is 9.69 Å². The van der Waals surface area contributed by atoms with Crippen molar-refractivity contribution in [3.05, 3.63) is 91.7 Å². The van der Waals surface area contributed by atoms with E-state index < -0.39 is 0 Å². The van der Waals surface area contributed by atoms with Crippen LogP contribution in [0.2, 0.25) is 0 Å². The number of carbonyl (C=O) groups excluding carboxylic acids is 1. The van der Waals surface area contributed by atoms with Gasteiger partial charge in [-0.05, 0) is 97.2 Å². The molecule has 0 aliphatic carbocycles. The second kappa shape index (κ2) is 10.6. The predicted octanol–water partition coefficient (Wildman–Crippen LogP) is 7.03. The Labute approximate surface area is 213 Å². The third-order valence-corrected chi connectivity index (χ3v) is 7.08. The number of hydrogen-bond acceptors (Lipinski definition) is 5. The summed E-state index contributed by atoms with van der Waals surface area (Å²) in [6.45, 7) is 0.412. The number of rotatable bonds is 6. The number of benzene rings is 3. The van der Waals surface area contributed by atoms with Crippen LogP contribution in [0.25, 0.3) is 6.08 Å². The van der Waals surface area contributed by atoms with E-state index in [2.05, 4.69) is 31.9 Å².